The second-order valence-electron chi connectivity index (χ2n) is 13.6. The largest absolute Gasteiger partial charge is 0.441 e. The lowest BCUT2D eigenvalue weighted by atomic mass is 9.95. The van der Waals surface area contributed by atoms with Crippen molar-refractivity contribution in [1.29, 1.82) is 0 Å². The number of aliphatic hydroxyl groups excluding tert-OH is 3. The van der Waals surface area contributed by atoms with Gasteiger partial charge in [-0.1, -0.05) is 0 Å². The van der Waals surface area contributed by atoms with Crippen molar-refractivity contribution >= 4 is 35.7 Å². The first-order valence-electron chi connectivity index (χ1n) is 18.0. The molecule has 0 spiro atoms. The molecule has 19 N–H and O–H groups in total. The van der Waals surface area contributed by atoms with Gasteiger partial charge in [-0.25, -0.2) is 9.79 Å². The average molecular weight is 759 g/mol. The summed E-state index contributed by atoms with van der Waals surface area (Å²) in [5.41, 5.74) is 28.8. The second kappa shape index (κ2) is 21.7. The molecule has 3 rings (SSSR count). The Bertz CT molecular complexity index is 1260. The summed E-state index contributed by atoms with van der Waals surface area (Å²) in [6, 6.07) is -4.24. The molecule has 0 unspecified atom stereocenters. The van der Waals surface area contributed by atoms with Crippen LogP contribution in [0.5, 0.6) is 0 Å². The van der Waals surface area contributed by atoms with Crippen molar-refractivity contribution in [2.24, 2.45) is 33.7 Å². The summed E-state index contributed by atoms with van der Waals surface area (Å²) in [5, 5.41) is 47.9. The zero-order valence-electron chi connectivity index (χ0n) is 29.8. The molecule has 22 nitrogen and oxygen atoms in total. The molecule has 0 aromatic carbocycles. The van der Waals surface area contributed by atoms with Gasteiger partial charge in [-0.15, -0.1) is 0 Å². The molecular weight excluding hydrogens is 700 g/mol. The van der Waals surface area contributed by atoms with E-state index in [-0.39, 0.29) is 49.6 Å². The van der Waals surface area contributed by atoms with Gasteiger partial charge < -0.3 is 85.4 Å². The molecule has 2 fully saturated rings. The van der Waals surface area contributed by atoms with Crippen molar-refractivity contribution in [2.45, 2.75) is 125 Å². The molecule has 3 heterocycles. The number of β-amino-alcohol motifs (C(OH)–C–C–N with tert-alkyl or cyclic N) is 1. The van der Waals surface area contributed by atoms with Gasteiger partial charge in [-0.2, -0.15) is 0 Å². The smallest absolute Gasteiger partial charge is 0.404 e. The van der Waals surface area contributed by atoms with Crippen molar-refractivity contribution in [3.63, 3.8) is 0 Å². The number of piperidine rings is 1. The van der Waals surface area contributed by atoms with E-state index in [9.17, 15) is 39.3 Å². The zero-order valence-corrected chi connectivity index (χ0v) is 29.8. The Balaban J connectivity index is 1.42. The predicted molar refractivity (Wildman–Crippen MR) is 189 cm³/mol. The number of nitrogens with two attached hydrogens (primary N) is 5. The monoisotopic (exact) mass is 758 g/mol. The topological polar surface area (TPSA) is 379 Å². The van der Waals surface area contributed by atoms with E-state index in [2.05, 4.69) is 36.9 Å². The van der Waals surface area contributed by atoms with Crippen molar-refractivity contribution in [3.05, 3.63) is 0 Å². The van der Waals surface area contributed by atoms with E-state index in [1.165, 1.54) is 0 Å². The van der Waals surface area contributed by atoms with Gasteiger partial charge in [0.15, 0.2) is 24.3 Å². The summed E-state index contributed by atoms with van der Waals surface area (Å²) in [7, 11) is 0. The number of nitrogens with one attached hydrogen (secondary N) is 6. The minimum Gasteiger partial charge on any atom is -0.441 e. The van der Waals surface area contributed by atoms with Crippen LogP contribution in [0.2, 0.25) is 0 Å². The molecule has 0 saturated carbocycles. The van der Waals surface area contributed by atoms with E-state index in [1.54, 1.807) is 0 Å². The molecule has 0 aliphatic carbocycles. The van der Waals surface area contributed by atoms with Crippen LogP contribution in [0.25, 0.3) is 0 Å². The quantitative estimate of drug-likeness (QED) is 0.0484. The fraction of sp³-hybridized carbons (Fsp3) is 0.806. The lowest BCUT2D eigenvalue weighted by Gasteiger charge is -2.44. The number of guanidine groups is 1. The maximum Gasteiger partial charge on any atom is 0.404 e. The van der Waals surface area contributed by atoms with E-state index < -0.39 is 85.4 Å². The van der Waals surface area contributed by atoms with Gasteiger partial charge in [-0.3, -0.25) is 19.2 Å². The van der Waals surface area contributed by atoms with Crippen molar-refractivity contribution < 1.29 is 48.8 Å². The summed E-state index contributed by atoms with van der Waals surface area (Å²) in [6.07, 6.45) is -4.27. The van der Waals surface area contributed by atoms with Crippen LogP contribution in [-0.2, 0) is 28.7 Å². The number of amides is 5. The molecule has 5 amide bonds. The van der Waals surface area contributed by atoms with Crippen LogP contribution in [0, 0.1) is 0 Å². The highest BCUT2D eigenvalue weighted by Gasteiger charge is 2.49. The first-order chi connectivity index (χ1) is 25.2. The number of fused-ring (bicyclic) bond motifs is 1. The van der Waals surface area contributed by atoms with E-state index >= 15 is 0 Å². The molecule has 53 heavy (non-hydrogen) atoms. The maximum atomic E-state index is 13.1. The normalized spacial score (nSPS) is 28.2. The maximum absolute atomic E-state index is 13.1. The lowest BCUT2D eigenvalue weighted by Crippen LogP contribution is -2.70. The van der Waals surface area contributed by atoms with Crippen LogP contribution in [0.4, 0.5) is 4.79 Å². The Morgan fingerprint density at radius 1 is 0.925 bits per heavy atom. The van der Waals surface area contributed by atoms with Crippen LogP contribution < -0.4 is 60.6 Å². The molecule has 22 heteroatoms. The van der Waals surface area contributed by atoms with Gasteiger partial charge in [0.2, 0.25) is 23.6 Å². The molecule has 2 saturated heterocycles. The number of primary amides is 1. The molecule has 3 aliphatic rings. The highest BCUT2D eigenvalue weighted by molar-refractivity contribution is 5.92. The number of aliphatic hydroxyl groups is 3. The Kier molecular flexibility index (Phi) is 17.8. The van der Waals surface area contributed by atoms with Gasteiger partial charge in [0.1, 0.15) is 18.2 Å². The van der Waals surface area contributed by atoms with E-state index in [0.29, 0.717) is 51.7 Å². The van der Waals surface area contributed by atoms with Gasteiger partial charge >= 0.3 is 6.09 Å². The van der Waals surface area contributed by atoms with Crippen molar-refractivity contribution in [3.8, 4) is 0 Å². The van der Waals surface area contributed by atoms with Gasteiger partial charge in [0, 0.05) is 57.0 Å². The number of ether oxygens (including phenoxy) is 2. The third-order valence-corrected chi connectivity index (χ3v) is 9.11. The van der Waals surface area contributed by atoms with Gasteiger partial charge in [0.25, 0.3) is 0 Å². The fourth-order valence-electron chi connectivity index (χ4n) is 6.31. The number of carbonyl (C=O) groups is 5. The Hall–Kier alpha value is -3.90. The lowest BCUT2D eigenvalue weighted by molar-refractivity contribution is -0.198. The minimum absolute atomic E-state index is 0.0174. The summed E-state index contributed by atoms with van der Waals surface area (Å²) >= 11 is 0. The van der Waals surface area contributed by atoms with Gasteiger partial charge in [0.05, 0.1) is 18.8 Å². The molecule has 3 aliphatic heterocycles. The Morgan fingerprint density at radius 2 is 1.49 bits per heavy atom. The number of rotatable bonds is 21. The minimum atomic E-state index is -1.62. The molecule has 0 aromatic heterocycles. The number of hydrogen-bond acceptors (Lipinski definition) is 17. The third-order valence-electron chi connectivity index (χ3n) is 9.11. The zero-order chi connectivity index (χ0) is 39.1. The van der Waals surface area contributed by atoms with Gasteiger partial charge in [-0.05, 0) is 45.1 Å². The Morgan fingerprint density at radius 3 is 2.02 bits per heavy atom. The summed E-state index contributed by atoms with van der Waals surface area (Å²) < 4.78 is 10.8. The molecule has 302 valence electrons. The number of nitrogens with zero attached hydrogens (tertiary/aromatic N) is 1. The number of aliphatic imine (C=N–C) groups is 1. The first kappa shape index (κ1) is 43.5. The second-order valence-corrected chi connectivity index (χ2v) is 13.6. The van der Waals surface area contributed by atoms with Crippen molar-refractivity contribution in [1.82, 2.24) is 31.9 Å². The summed E-state index contributed by atoms with van der Waals surface area (Å²) in [4.78, 5) is 65.5. The Labute approximate surface area is 307 Å². The van der Waals surface area contributed by atoms with Crippen LogP contribution in [0.15, 0.2) is 4.99 Å². The van der Waals surface area contributed by atoms with E-state index in [1.807, 2.05) is 0 Å². The average Bonchev–Trinajstić information content (AvgIpc) is 3.53. The molecule has 0 radical (unpaired) electrons. The number of hydrogen-bond donors (Lipinski definition) is 14. The van der Waals surface area contributed by atoms with E-state index in [0.717, 1.165) is 6.42 Å². The predicted octanol–water partition coefficient (Wildman–Crippen LogP) is -6.53. The standard InChI is InChI=1S/C31H58N12O10/c32-7-1-4-15(33)10-20(46)37-8-2-5-16(34)11-21(47)38-9-3-6-17(35)12-22(48)40-25-26(49)27(53-30(36)51)19(14-44)52-29(25)43-31-41-23-18(45)13-39-28(50)24(23)42-31/h15-19,23-27,29,44-45,49H,1-14,32-35H2,(H2,36,51)(H,37,46)(H,38,47)(H,39,50)(H,40,48)(H2,41,42,43)/t15-,16-,17-,18+,19+,23+,24-,25+,26-,27-,29+/m0/s1. The molecule has 11 atom stereocenters. The van der Waals surface area contributed by atoms with Crippen molar-refractivity contribution in [2.75, 3.05) is 32.8 Å². The van der Waals surface area contributed by atoms with E-state index in [4.69, 9.17) is 38.1 Å². The fourth-order valence-corrected chi connectivity index (χ4v) is 6.31. The van der Waals surface area contributed by atoms with Crippen LogP contribution in [0.3, 0.4) is 0 Å². The van der Waals surface area contributed by atoms with Crippen LogP contribution >= 0.6 is 0 Å². The van der Waals surface area contributed by atoms with Crippen LogP contribution in [0.1, 0.15) is 57.8 Å². The summed E-state index contributed by atoms with van der Waals surface area (Å²) in [5.74, 6) is -1.36. The van der Waals surface area contributed by atoms with Crippen LogP contribution in [-0.4, -0.2) is 151 Å². The highest BCUT2D eigenvalue weighted by atomic mass is 16.6. The molecule has 0 bridgehead atoms. The SMILES string of the molecule is NCCC[C@H](N)CC(=O)NCCC[C@H](N)CC(=O)NCCC[C@H](N)CC(=O)N[C@@H]1[C@H](O)[C@@H](OC(N)=O)[C@@H](CO)O[C@H]1NC1=N[C@@H]2C(=O)NC[C@@H](O)[C@H]2N1. The number of carbonyl (C=O) groups excluding carboxylic acids is 5. The molecule has 0 aromatic rings. The highest BCUT2D eigenvalue weighted by Crippen LogP contribution is 2.24. The third kappa shape index (κ3) is 14.1. The first-order valence-corrected chi connectivity index (χ1v) is 18.0. The summed E-state index contributed by atoms with van der Waals surface area (Å²) in [6.45, 7) is 0.570. The molecular formula is C31H58N12O10.